The largest absolute Gasteiger partial charge is 0.472 e. The van der Waals surface area contributed by atoms with Crippen LogP contribution in [0.4, 0.5) is 0 Å². The summed E-state index contributed by atoms with van der Waals surface area (Å²) < 4.78 is 29.1. The van der Waals surface area contributed by atoms with E-state index in [1.807, 2.05) is 39.4 Å². The highest BCUT2D eigenvalue weighted by Crippen LogP contribution is 2.43. The third-order valence-electron chi connectivity index (χ3n) is 8.76. The predicted molar refractivity (Wildman–Crippen MR) is 225 cm³/mol. The van der Waals surface area contributed by atoms with Gasteiger partial charge in [-0.05, 0) is 70.6 Å². The van der Waals surface area contributed by atoms with E-state index in [0.29, 0.717) is 29.7 Å². The van der Waals surface area contributed by atoms with Gasteiger partial charge in [0.1, 0.15) is 13.2 Å². The van der Waals surface area contributed by atoms with Gasteiger partial charge in [0.25, 0.3) is 0 Å². The van der Waals surface area contributed by atoms with E-state index in [0.717, 1.165) is 57.8 Å². The van der Waals surface area contributed by atoms with E-state index in [2.05, 4.69) is 79.9 Å². The van der Waals surface area contributed by atoms with Gasteiger partial charge < -0.3 is 24.5 Å². The molecule has 0 bridgehead atoms. The number of unbranched alkanes of at least 4 members (excludes halogenated alkanes) is 7. The summed E-state index contributed by atoms with van der Waals surface area (Å²) in [6.45, 7) is 4.56. The maximum absolute atomic E-state index is 12.8. The molecule has 308 valence electrons. The number of amides is 1. The van der Waals surface area contributed by atoms with Gasteiger partial charge in [0, 0.05) is 6.42 Å². The van der Waals surface area contributed by atoms with Crippen LogP contribution >= 0.6 is 7.82 Å². The Labute approximate surface area is 329 Å². The Morgan fingerprint density at radius 3 is 1.94 bits per heavy atom. The first kappa shape index (κ1) is 49.7. The van der Waals surface area contributed by atoms with E-state index in [9.17, 15) is 19.4 Å². The van der Waals surface area contributed by atoms with E-state index in [1.54, 1.807) is 6.08 Å². The maximum atomic E-state index is 12.8. The number of phosphoric acid groups is 1. The van der Waals surface area contributed by atoms with Crippen molar-refractivity contribution in [3.63, 3.8) is 0 Å². The molecule has 0 aromatic rings. The lowest BCUT2D eigenvalue weighted by molar-refractivity contribution is -0.870. The fourth-order valence-corrected chi connectivity index (χ4v) is 6.09. The summed E-state index contributed by atoms with van der Waals surface area (Å²) in [6, 6.07) is -0.910. The van der Waals surface area contributed by atoms with Crippen LogP contribution in [0.5, 0.6) is 0 Å². The van der Waals surface area contributed by atoms with Crippen LogP contribution in [-0.2, 0) is 23.1 Å². The van der Waals surface area contributed by atoms with Gasteiger partial charge in [-0.2, -0.15) is 0 Å². The molecule has 10 heteroatoms. The first-order valence-electron chi connectivity index (χ1n) is 20.6. The second-order valence-corrected chi connectivity index (χ2v) is 16.5. The predicted octanol–water partition coefficient (Wildman–Crippen LogP) is 10.0. The number of hydrogen-bond donors (Lipinski definition) is 3. The average molecular weight is 776 g/mol. The highest BCUT2D eigenvalue weighted by atomic mass is 31.2. The van der Waals surface area contributed by atoms with Crippen molar-refractivity contribution in [2.45, 2.75) is 147 Å². The van der Waals surface area contributed by atoms with Gasteiger partial charge in [-0.15, -0.1) is 0 Å². The zero-order valence-electron chi connectivity index (χ0n) is 34.4. The van der Waals surface area contributed by atoms with E-state index in [4.69, 9.17) is 13.8 Å². The topological polar surface area (TPSA) is 118 Å². The molecule has 3 unspecified atom stereocenters. The van der Waals surface area contributed by atoms with E-state index < -0.39 is 20.0 Å². The summed E-state index contributed by atoms with van der Waals surface area (Å²) in [5.74, 6) is -0.277. The second-order valence-electron chi connectivity index (χ2n) is 15.0. The number of aliphatic hydroxyl groups is 1. The Morgan fingerprint density at radius 2 is 1.30 bits per heavy atom. The zero-order chi connectivity index (χ0) is 39.8. The summed E-state index contributed by atoms with van der Waals surface area (Å²) in [5.41, 5.74) is 0. The number of quaternary nitrogens is 1. The molecule has 1 saturated heterocycles. The molecule has 1 amide bonds. The number of hydrogen-bond acceptors (Lipinski definition) is 6. The fraction of sp³-hybridized carbons (Fsp3) is 0.659. The van der Waals surface area contributed by atoms with Crippen molar-refractivity contribution in [3.8, 4) is 0 Å². The van der Waals surface area contributed by atoms with Gasteiger partial charge in [-0.3, -0.25) is 13.8 Å². The Kier molecular flexibility index (Phi) is 29.2. The van der Waals surface area contributed by atoms with E-state index >= 15 is 0 Å². The highest BCUT2D eigenvalue weighted by Gasteiger charge is 2.36. The smallest absolute Gasteiger partial charge is 0.387 e. The molecule has 0 aromatic carbocycles. The molecule has 0 aromatic heterocycles. The number of carbonyl (C=O) groups is 1. The molecule has 9 nitrogen and oxygen atoms in total. The highest BCUT2D eigenvalue weighted by molar-refractivity contribution is 7.47. The number of ether oxygens (including phenoxy) is 1. The number of nitrogens with one attached hydrogen (secondary N) is 1. The quantitative estimate of drug-likeness (QED) is 0.0196. The fourth-order valence-electron chi connectivity index (χ4n) is 5.35. The molecule has 54 heavy (non-hydrogen) atoms. The molecule has 1 heterocycles. The summed E-state index contributed by atoms with van der Waals surface area (Å²) in [6.07, 6.45) is 45.7. The summed E-state index contributed by atoms with van der Waals surface area (Å²) in [7, 11) is 1.48. The van der Waals surface area contributed by atoms with E-state index in [-0.39, 0.29) is 25.5 Å². The lowest BCUT2D eigenvalue weighted by Gasteiger charge is -2.25. The maximum Gasteiger partial charge on any atom is 0.472 e. The third kappa shape index (κ3) is 30.9. The molecule has 1 aliphatic heterocycles. The first-order valence-corrected chi connectivity index (χ1v) is 22.1. The normalized spacial score (nSPS) is 19.1. The minimum absolute atomic E-state index is 0.0357. The minimum Gasteiger partial charge on any atom is -0.387 e. The van der Waals surface area contributed by atoms with Crippen LogP contribution in [0, 0.1) is 0 Å². The molecule has 0 spiro atoms. The van der Waals surface area contributed by atoms with Crippen molar-refractivity contribution in [2.75, 3.05) is 40.9 Å². The van der Waals surface area contributed by atoms with Crippen LogP contribution in [0.3, 0.4) is 0 Å². The number of likely N-dealkylation sites (N-methyl/N-ethyl adjacent to an activating group) is 1. The number of epoxide rings is 1. The molecule has 3 N–H and O–H groups in total. The Bertz CT molecular complexity index is 1220. The van der Waals surface area contributed by atoms with Crippen molar-refractivity contribution in [2.24, 2.45) is 0 Å². The first-order chi connectivity index (χ1) is 26.0. The molecule has 1 fully saturated rings. The van der Waals surface area contributed by atoms with Crippen molar-refractivity contribution in [3.05, 3.63) is 85.1 Å². The van der Waals surface area contributed by atoms with E-state index in [1.165, 1.54) is 38.5 Å². The lowest BCUT2D eigenvalue weighted by Crippen LogP contribution is -2.45. The van der Waals surface area contributed by atoms with Crippen LogP contribution in [-0.4, -0.2) is 85.6 Å². The molecular formula is C44H76N2O7P+. The van der Waals surface area contributed by atoms with Gasteiger partial charge in [-0.25, -0.2) is 4.57 Å². The number of aliphatic hydroxyl groups excluding tert-OH is 1. The molecule has 0 aliphatic carbocycles. The number of nitrogens with zero attached hydrogens (tertiary/aromatic N) is 1. The number of carbonyl (C=O) groups excluding carboxylic acids is 1. The monoisotopic (exact) mass is 776 g/mol. The Balaban J connectivity index is 2.42. The van der Waals surface area contributed by atoms with Crippen molar-refractivity contribution in [1.29, 1.82) is 0 Å². The summed E-state index contributed by atoms with van der Waals surface area (Å²) >= 11 is 0. The minimum atomic E-state index is -4.37. The van der Waals surface area contributed by atoms with Crippen molar-refractivity contribution in [1.82, 2.24) is 5.32 Å². The Hall–Kier alpha value is -2.36. The van der Waals surface area contributed by atoms with Crippen molar-refractivity contribution >= 4 is 13.7 Å². The van der Waals surface area contributed by atoms with Crippen LogP contribution in [0.1, 0.15) is 123 Å². The number of phosphoric ester groups is 1. The standard InChI is InChI=1S/C44H75N2O7P/c1-6-8-10-11-12-13-14-17-20-23-26-30-33-41(47)40(39-52-54(49,50)51-38-37-46(3,4)5)45-44(48)36-32-28-25-22-19-16-15-18-21-24-27-31-35-43-42(53-43)34-29-9-7-2/h9,16-21,25,27-31,33,40-43,47H,6-8,10-15,22-24,26,32,34-39H2,1-5H3,(H-,45,48,49,50)/p+1/b19-16-,20-17-,21-18-,28-25-,29-9-,31-27-,33-30+/t40-,41+,42?,43?/m0/s1. The summed E-state index contributed by atoms with van der Waals surface area (Å²) in [4.78, 5) is 23.0. The molecular weight excluding hydrogens is 699 g/mol. The van der Waals surface area contributed by atoms with Gasteiger partial charge in [0.15, 0.2) is 0 Å². The lowest BCUT2D eigenvalue weighted by atomic mass is 10.1. The van der Waals surface area contributed by atoms with Gasteiger partial charge in [-0.1, -0.05) is 131 Å². The van der Waals surface area contributed by atoms with Crippen LogP contribution < -0.4 is 5.32 Å². The van der Waals surface area contributed by atoms with Crippen LogP contribution in [0.15, 0.2) is 85.1 Å². The van der Waals surface area contributed by atoms with Crippen LogP contribution in [0.25, 0.3) is 0 Å². The zero-order valence-corrected chi connectivity index (χ0v) is 35.3. The summed E-state index contributed by atoms with van der Waals surface area (Å²) in [5, 5.41) is 13.7. The van der Waals surface area contributed by atoms with Crippen molar-refractivity contribution < 1.29 is 37.6 Å². The average Bonchev–Trinajstić information content (AvgIpc) is 3.87. The molecule has 1 aliphatic rings. The molecule has 1 rings (SSSR count). The number of allylic oxidation sites excluding steroid dienone is 11. The number of rotatable bonds is 34. The van der Waals surface area contributed by atoms with Gasteiger partial charge in [0.05, 0.1) is 52.1 Å². The molecule has 0 saturated carbocycles. The van der Waals surface area contributed by atoms with Crippen LogP contribution in [0.2, 0.25) is 0 Å². The van der Waals surface area contributed by atoms with Gasteiger partial charge in [0.2, 0.25) is 5.91 Å². The Morgan fingerprint density at radius 1 is 0.741 bits per heavy atom. The molecule has 0 radical (unpaired) electrons. The second kappa shape index (κ2) is 31.8. The van der Waals surface area contributed by atoms with Gasteiger partial charge >= 0.3 is 7.82 Å². The third-order valence-corrected chi connectivity index (χ3v) is 9.75. The molecule has 5 atom stereocenters. The SMILES string of the molecule is CC/C=C\CC1OC1C/C=C\C/C=C\C/C=C\C/C=C\CCC(=O)N[C@@H](COP(=O)(O)OCC[N+](C)(C)C)[C@H](O)/C=C/CC/C=C\CCCCCCCC.